The Morgan fingerprint density at radius 1 is 0.872 bits per heavy atom. The average Bonchev–Trinajstić information content (AvgIpc) is 3.28. The van der Waals surface area contributed by atoms with Crippen molar-refractivity contribution in [3.05, 3.63) is 123 Å². The largest absolute Gasteiger partial charge is 0.489 e. The summed E-state index contributed by atoms with van der Waals surface area (Å²) in [5.74, 6) is -1.30. The number of benzene rings is 4. The summed E-state index contributed by atoms with van der Waals surface area (Å²) in [6.45, 7) is 0.167. The second kappa shape index (κ2) is 11.1. The predicted molar refractivity (Wildman–Crippen MR) is 149 cm³/mol. The lowest BCUT2D eigenvalue weighted by Gasteiger charge is -2.25. The lowest BCUT2D eigenvalue weighted by atomic mass is 9.95. The standard InChI is InChI=1S/C31H24Cl2FNO4/c32-25-8-5-20(6-9-25)21-3-4-22-16-31(30(37)38,17-24(22)14-21)35-29(36)13-19-1-11-27(12-2-19)39-18-23-7-10-26(34)15-28(23)33/h1-12,14-15H,13,16-18H2,(H,35,36)(H,37,38). The van der Waals surface area contributed by atoms with Gasteiger partial charge in [-0.15, -0.1) is 0 Å². The van der Waals surface area contributed by atoms with Crippen molar-refractivity contribution in [1.29, 1.82) is 0 Å². The van der Waals surface area contributed by atoms with Gasteiger partial charge in [-0.1, -0.05) is 71.7 Å². The minimum Gasteiger partial charge on any atom is -0.489 e. The van der Waals surface area contributed by atoms with Crippen LogP contribution in [0.15, 0.2) is 84.9 Å². The number of rotatable bonds is 8. The molecule has 39 heavy (non-hydrogen) atoms. The molecule has 0 fully saturated rings. The number of halogens is 3. The van der Waals surface area contributed by atoms with E-state index in [0.717, 1.165) is 22.3 Å². The minimum absolute atomic E-state index is 0.0193. The summed E-state index contributed by atoms with van der Waals surface area (Å²) >= 11 is 12.0. The van der Waals surface area contributed by atoms with E-state index in [1.54, 1.807) is 30.3 Å². The van der Waals surface area contributed by atoms with Crippen molar-refractivity contribution in [2.24, 2.45) is 0 Å². The Balaban J connectivity index is 1.22. The normalized spacial score (nSPS) is 16.0. The SMILES string of the molecule is O=C(Cc1ccc(OCc2ccc(F)cc2Cl)cc1)NC1(C(=O)O)Cc2ccc(-c3ccc(Cl)cc3)cc2C1. The summed E-state index contributed by atoms with van der Waals surface area (Å²) in [7, 11) is 0. The number of aliphatic carboxylic acids is 1. The molecule has 0 aliphatic heterocycles. The number of carboxylic acid groups (broad SMARTS) is 1. The lowest BCUT2D eigenvalue weighted by Crippen LogP contribution is -2.55. The number of carboxylic acids is 1. The van der Waals surface area contributed by atoms with Crippen LogP contribution in [0.4, 0.5) is 4.39 Å². The first kappa shape index (κ1) is 26.7. The van der Waals surface area contributed by atoms with E-state index in [4.69, 9.17) is 27.9 Å². The number of fused-ring (bicyclic) bond motifs is 1. The van der Waals surface area contributed by atoms with E-state index in [9.17, 15) is 19.1 Å². The Kier molecular flexibility index (Phi) is 7.60. The van der Waals surface area contributed by atoms with E-state index in [1.165, 1.54) is 12.1 Å². The number of hydrogen-bond donors (Lipinski definition) is 2. The molecule has 2 N–H and O–H groups in total. The number of hydrogen-bond acceptors (Lipinski definition) is 3. The summed E-state index contributed by atoms with van der Waals surface area (Å²) in [5, 5.41) is 13.8. The highest BCUT2D eigenvalue weighted by Gasteiger charge is 2.45. The summed E-state index contributed by atoms with van der Waals surface area (Å²) in [5.41, 5.74) is 3.69. The first-order valence-corrected chi connectivity index (χ1v) is 13.0. The van der Waals surface area contributed by atoms with Crippen LogP contribution in [0.2, 0.25) is 10.0 Å². The molecule has 0 saturated carbocycles. The van der Waals surface area contributed by atoms with Gasteiger partial charge in [-0.3, -0.25) is 4.79 Å². The first-order valence-electron chi connectivity index (χ1n) is 12.3. The number of carbonyl (C=O) groups excluding carboxylic acids is 1. The molecule has 0 heterocycles. The van der Waals surface area contributed by atoms with Gasteiger partial charge in [-0.25, -0.2) is 9.18 Å². The fourth-order valence-corrected chi connectivity index (χ4v) is 5.14. The van der Waals surface area contributed by atoms with Crippen LogP contribution in [0.1, 0.15) is 22.3 Å². The molecule has 1 unspecified atom stereocenters. The van der Waals surface area contributed by atoms with E-state index in [0.29, 0.717) is 21.9 Å². The van der Waals surface area contributed by atoms with E-state index >= 15 is 0 Å². The molecule has 1 amide bonds. The molecule has 198 valence electrons. The Morgan fingerprint density at radius 3 is 2.26 bits per heavy atom. The third kappa shape index (κ3) is 6.08. The summed E-state index contributed by atoms with van der Waals surface area (Å²) in [6, 6.07) is 24.4. The second-order valence-electron chi connectivity index (χ2n) is 9.62. The highest BCUT2D eigenvalue weighted by molar-refractivity contribution is 6.31. The smallest absolute Gasteiger partial charge is 0.330 e. The van der Waals surface area contributed by atoms with Gasteiger partial charge in [-0.05, 0) is 64.2 Å². The Morgan fingerprint density at radius 2 is 1.56 bits per heavy atom. The van der Waals surface area contributed by atoms with Crippen molar-refractivity contribution in [3.63, 3.8) is 0 Å². The van der Waals surface area contributed by atoms with Gasteiger partial charge in [-0.2, -0.15) is 0 Å². The van der Waals surface area contributed by atoms with Crippen molar-refractivity contribution in [1.82, 2.24) is 5.32 Å². The third-order valence-electron chi connectivity index (χ3n) is 6.85. The molecule has 0 radical (unpaired) electrons. The minimum atomic E-state index is -1.41. The van der Waals surface area contributed by atoms with Gasteiger partial charge in [0, 0.05) is 23.4 Å². The molecule has 1 aliphatic rings. The zero-order valence-electron chi connectivity index (χ0n) is 20.7. The molecular formula is C31H24Cl2FNO4. The topological polar surface area (TPSA) is 75.6 Å². The van der Waals surface area contributed by atoms with Gasteiger partial charge in [0.15, 0.2) is 0 Å². The maximum atomic E-state index is 13.2. The van der Waals surface area contributed by atoms with E-state index in [-0.39, 0.29) is 36.8 Å². The maximum absolute atomic E-state index is 13.2. The molecule has 0 aromatic heterocycles. The summed E-state index contributed by atoms with van der Waals surface area (Å²) < 4.78 is 18.9. The van der Waals surface area contributed by atoms with Gasteiger partial charge >= 0.3 is 5.97 Å². The molecular weight excluding hydrogens is 540 g/mol. The van der Waals surface area contributed by atoms with Gasteiger partial charge in [0.25, 0.3) is 0 Å². The molecule has 5 nitrogen and oxygen atoms in total. The summed E-state index contributed by atoms with van der Waals surface area (Å²) in [4.78, 5) is 25.3. The van der Waals surface area contributed by atoms with Gasteiger partial charge in [0.2, 0.25) is 5.91 Å². The van der Waals surface area contributed by atoms with Crippen LogP contribution in [-0.4, -0.2) is 22.5 Å². The van der Waals surface area contributed by atoms with Crippen molar-refractivity contribution in [2.45, 2.75) is 31.4 Å². The fourth-order valence-electron chi connectivity index (χ4n) is 4.79. The number of carbonyl (C=O) groups is 2. The Bertz CT molecular complexity index is 1540. The summed E-state index contributed by atoms with van der Waals surface area (Å²) in [6.07, 6.45) is 0.429. The van der Waals surface area contributed by atoms with E-state index in [2.05, 4.69) is 5.32 Å². The van der Waals surface area contributed by atoms with E-state index < -0.39 is 17.3 Å². The molecule has 4 aromatic rings. The van der Waals surface area contributed by atoms with Crippen molar-refractivity contribution < 1.29 is 23.8 Å². The van der Waals surface area contributed by atoms with Crippen LogP contribution < -0.4 is 10.1 Å². The highest BCUT2D eigenvalue weighted by atomic mass is 35.5. The van der Waals surface area contributed by atoms with Crippen LogP contribution in [0.5, 0.6) is 5.75 Å². The van der Waals surface area contributed by atoms with E-state index in [1.807, 2.05) is 42.5 Å². The molecule has 8 heteroatoms. The predicted octanol–water partition coefficient (Wildman–Crippen LogP) is 6.66. The van der Waals surface area contributed by atoms with Crippen LogP contribution >= 0.6 is 23.2 Å². The maximum Gasteiger partial charge on any atom is 0.330 e. The first-order chi connectivity index (χ1) is 18.7. The Labute approximate surface area is 235 Å². The van der Waals surface area contributed by atoms with Gasteiger partial charge < -0.3 is 15.2 Å². The second-order valence-corrected chi connectivity index (χ2v) is 10.5. The molecule has 1 atom stereocenters. The van der Waals surface area contributed by atoms with Crippen LogP contribution in [-0.2, 0) is 35.5 Å². The molecule has 5 rings (SSSR count). The number of amides is 1. The quantitative estimate of drug-likeness (QED) is 0.251. The number of ether oxygens (including phenoxy) is 1. The zero-order chi connectivity index (χ0) is 27.6. The molecule has 0 spiro atoms. The molecule has 1 aliphatic carbocycles. The molecule has 0 saturated heterocycles. The monoisotopic (exact) mass is 563 g/mol. The van der Waals surface area contributed by atoms with Crippen LogP contribution in [0.3, 0.4) is 0 Å². The average molecular weight is 564 g/mol. The van der Waals surface area contributed by atoms with Crippen molar-refractivity contribution in [2.75, 3.05) is 0 Å². The molecule has 4 aromatic carbocycles. The number of nitrogens with one attached hydrogen (secondary N) is 1. The van der Waals surface area contributed by atoms with Crippen LogP contribution in [0, 0.1) is 5.82 Å². The zero-order valence-corrected chi connectivity index (χ0v) is 22.2. The van der Waals surface area contributed by atoms with Crippen LogP contribution in [0.25, 0.3) is 11.1 Å². The fraction of sp³-hybridized carbons (Fsp3) is 0.161. The highest BCUT2D eigenvalue weighted by Crippen LogP contribution is 2.34. The lowest BCUT2D eigenvalue weighted by molar-refractivity contribution is -0.147. The van der Waals surface area contributed by atoms with Gasteiger partial charge in [0.05, 0.1) is 11.4 Å². The third-order valence-corrected chi connectivity index (χ3v) is 7.46. The van der Waals surface area contributed by atoms with Crippen molar-refractivity contribution >= 4 is 35.1 Å². The van der Waals surface area contributed by atoms with Gasteiger partial charge in [0.1, 0.15) is 23.7 Å². The molecule has 0 bridgehead atoms. The Hall–Kier alpha value is -3.87. The van der Waals surface area contributed by atoms with Crippen molar-refractivity contribution in [3.8, 4) is 16.9 Å².